The van der Waals surface area contributed by atoms with Crippen LogP contribution in [0.5, 0.6) is 0 Å². The molecule has 3 heterocycles. The van der Waals surface area contributed by atoms with E-state index >= 15 is 0 Å². The molecule has 0 bridgehead atoms. The van der Waals surface area contributed by atoms with Crippen LogP contribution in [-0.4, -0.2) is 48.1 Å². The molecule has 1 aromatic carbocycles. The van der Waals surface area contributed by atoms with Crippen LogP contribution in [0.1, 0.15) is 43.6 Å². The van der Waals surface area contributed by atoms with Crippen molar-refractivity contribution in [3.05, 3.63) is 68.8 Å². The Bertz CT molecular complexity index is 1260. The minimum atomic E-state index is -4.69. The third kappa shape index (κ3) is 6.12. The van der Waals surface area contributed by atoms with E-state index < -0.39 is 28.7 Å². The van der Waals surface area contributed by atoms with Gasteiger partial charge in [0.2, 0.25) is 0 Å². The molecule has 1 aliphatic rings. The zero-order chi connectivity index (χ0) is 25.9. The molecule has 0 saturated carbocycles. The molecule has 2 aromatic heterocycles. The van der Waals surface area contributed by atoms with Crippen molar-refractivity contribution >= 4 is 46.3 Å². The number of hydrogen-bond donors (Lipinski definition) is 2. The third-order valence-electron chi connectivity index (χ3n) is 5.35. The Kier molecular flexibility index (Phi) is 7.76. The van der Waals surface area contributed by atoms with E-state index in [9.17, 15) is 22.8 Å². The fraction of sp³-hybridized carbons (Fsp3) is 0.304. The van der Waals surface area contributed by atoms with Gasteiger partial charge in [-0.05, 0) is 31.2 Å². The number of carbonyl (C=O) groups excluding carboxylic acids is 2. The number of aromatic nitrogens is 2. The summed E-state index contributed by atoms with van der Waals surface area (Å²) in [5, 5.41) is 5.06. The fourth-order valence-corrected chi connectivity index (χ4v) is 4.53. The van der Waals surface area contributed by atoms with Crippen molar-refractivity contribution in [2.45, 2.75) is 19.1 Å². The summed E-state index contributed by atoms with van der Waals surface area (Å²) < 4.78 is 44.5. The van der Waals surface area contributed by atoms with Crippen LogP contribution in [0.15, 0.2) is 42.7 Å². The van der Waals surface area contributed by atoms with Crippen LogP contribution in [0, 0.1) is 0 Å². The smallest absolute Gasteiger partial charge is 0.378 e. The number of anilines is 2. The summed E-state index contributed by atoms with van der Waals surface area (Å²) in [7, 11) is 0. The van der Waals surface area contributed by atoms with E-state index in [0.717, 1.165) is 36.3 Å². The van der Waals surface area contributed by atoms with Crippen LogP contribution in [0.25, 0.3) is 0 Å². The number of pyridine rings is 1. The molecule has 190 valence electrons. The molecule has 0 spiro atoms. The van der Waals surface area contributed by atoms with Gasteiger partial charge in [0.25, 0.3) is 11.8 Å². The first-order valence-electron chi connectivity index (χ1n) is 10.9. The van der Waals surface area contributed by atoms with E-state index in [4.69, 9.17) is 16.3 Å². The number of halogens is 4. The summed E-state index contributed by atoms with van der Waals surface area (Å²) >= 11 is 6.57. The van der Waals surface area contributed by atoms with E-state index in [0.29, 0.717) is 29.9 Å². The second-order valence-electron chi connectivity index (χ2n) is 7.91. The summed E-state index contributed by atoms with van der Waals surface area (Å²) in [6.45, 7) is 4.47. The van der Waals surface area contributed by atoms with Gasteiger partial charge in [0.1, 0.15) is 15.7 Å². The Labute approximate surface area is 213 Å². The van der Waals surface area contributed by atoms with Crippen molar-refractivity contribution in [3.63, 3.8) is 0 Å². The Morgan fingerprint density at radius 1 is 1.14 bits per heavy atom. The van der Waals surface area contributed by atoms with Crippen LogP contribution in [0.2, 0.25) is 5.02 Å². The van der Waals surface area contributed by atoms with Crippen LogP contribution < -0.4 is 15.5 Å². The minimum absolute atomic E-state index is 0.144. The van der Waals surface area contributed by atoms with Crippen LogP contribution in [0.4, 0.5) is 24.7 Å². The van der Waals surface area contributed by atoms with Gasteiger partial charge in [-0.25, -0.2) is 9.97 Å². The Morgan fingerprint density at radius 2 is 1.89 bits per heavy atom. The lowest BCUT2D eigenvalue weighted by Gasteiger charge is -2.29. The van der Waals surface area contributed by atoms with Gasteiger partial charge in [0, 0.05) is 30.5 Å². The molecule has 4 rings (SSSR count). The SMILES string of the molecule is CC(NC(=O)c1cccc(N2CCOCC2)c1)c1ncc(C(=O)Nc2cc(C(F)(F)F)c(Cl)cn2)s1. The second kappa shape index (κ2) is 10.8. The predicted octanol–water partition coefficient (Wildman–Crippen LogP) is 4.79. The maximum atomic E-state index is 13.1. The number of ether oxygens (including phenoxy) is 1. The number of hydrogen-bond acceptors (Lipinski definition) is 7. The molecule has 1 atom stereocenters. The summed E-state index contributed by atoms with van der Waals surface area (Å²) in [5.74, 6) is -1.28. The lowest BCUT2D eigenvalue weighted by Crippen LogP contribution is -2.36. The van der Waals surface area contributed by atoms with Crippen molar-refractivity contribution in [1.29, 1.82) is 0 Å². The highest BCUT2D eigenvalue weighted by atomic mass is 35.5. The predicted molar refractivity (Wildman–Crippen MR) is 130 cm³/mol. The maximum absolute atomic E-state index is 13.1. The number of amides is 2. The summed E-state index contributed by atoms with van der Waals surface area (Å²) in [6.07, 6.45) is -2.58. The first-order chi connectivity index (χ1) is 17.1. The first kappa shape index (κ1) is 25.9. The third-order valence-corrected chi connectivity index (χ3v) is 6.83. The molecule has 1 aliphatic heterocycles. The minimum Gasteiger partial charge on any atom is -0.378 e. The number of morpholine rings is 1. The van der Waals surface area contributed by atoms with Crippen molar-refractivity contribution in [3.8, 4) is 0 Å². The van der Waals surface area contributed by atoms with Gasteiger partial charge in [0.15, 0.2) is 0 Å². The zero-order valence-electron chi connectivity index (χ0n) is 18.9. The van der Waals surface area contributed by atoms with Gasteiger partial charge in [0.05, 0.1) is 36.0 Å². The Morgan fingerprint density at radius 3 is 2.61 bits per heavy atom. The number of carbonyl (C=O) groups is 2. The van der Waals surface area contributed by atoms with Gasteiger partial charge < -0.3 is 20.3 Å². The molecule has 0 aliphatic carbocycles. The average Bonchev–Trinajstić information content (AvgIpc) is 3.36. The number of nitrogens with zero attached hydrogens (tertiary/aromatic N) is 3. The van der Waals surface area contributed by atoms with E-state index in [1.54, 1.807) is 13.0 Å². The van der Waals surface area contributed by atoms with Crippen molar-refractivity contribution in [2.24, 2.45) is 0 Å². The largest absolute Gasteiger partial charge is 0.418 e. The molecular weight excluding hydrogens is 519 g/mol. The molecule has 1 unspecified atom stereocenters. The maximum Gasteiger partial charge on any atom is 0.418 e. The van der Waals surface area contributed by atoms with Crippen LogP contribution in [-0.2, 0) is 10.9 Å². The number of rotatable bonds is 6. The van der Waals surface area contributed by atoms with Gasteiger partial charge >= 0.3 is 6.18 Å². The molecule has 2 amide bonds. The molecule has 8 nitrogen and oxygen atoms in total. The van der Waals surface area contributed by atoms with Crippen LogP contribution >= 0.6 is 22.9 Å². The van der Waals surface area contributed by atoms with E-state index in [1.807, 2.05) is 18.2 Å². The quantitative estimate of drug-likeness (QED) is 0.467. The molecule has 1 saturated heterocycles. The standard InChI is InChI=1S/C23H21ClF3N5O3S/c1-13(30-20(33)14-3-2-4-15(9-14)32-5-7-35-8-6-32)22-29-12-18(36-22)21(34)31-19-10-16(23(25,26)27)17(24)11-28-19/h2-4,9-13H,5-8H2,1H3,(H,30,33)(H,28,31,34). The molecule has 3 aromatic rings. The van der Waals surface area contributed by atoms with Gasteiger partial charge in [-0.2, -0.15) is 13.2 Å². The summed E-state index contributed by atoms with van der Waals surface area (Å²) in [4.78, 5) is 35.5. The van der Waals surface area contributed by atoms with Gasteiger partial charge in [-0.1, -0.05) is 17.7 Å². The van der Waals surface area contributed by atoms with Crippen molar-refractivity contribution < 1.29 is 27.5 Å². The van der Waals surface area contributed by atoms with Crippen LogP contribution in [0.3, 0.4) is 0 Å². The number of thiazole rings is 1. The number of alkyl halides is 3. The normalized spacial score (nSPS) is 14.9. The fourth-order valence-electron chi connectivity index (χ4n) is 3.50. The van der Waals surface area contributed by atoms with Crippen molar-refractivity contribution in [1.82, 2.24) is 15.3 Å². The molecule has 2 N–H and O–H groups in total. The van der Waals surface area contributed by atoms with Gasteiger partial charge in [-0.3, -0.25) is 9.59 Å². The van der Waals surface area contributed by atoms with E-state index in [-0.39, 0.29) is 16.6 Å². The van der Waals surface area contributed by atoms with Crippen molar-refractivity contribution in [2.75, 3.05) is 36.5 Å². The lowest BCUT2D eigenvalue weighted by atomic mass is 10.1. The first-order valence-corrected chi connectivity index (χ1v) is 12.0. The highest BCUT2D eigenvalue weighted by Crippen LogP contribution is 2.35. The molecule has 0 radical (unpaired) electrons. The zero-order valence-corrected chi connectivity index (χ0v) is 20.5. The Hall–Kier alpha value is -3.22. The molecule has 1 fully saturated rings. The number of nitrogens with one attached hydrogen (secondary N) is 2. The second-order valence-corrected chi connectivity index (χ2v) is 9.38. The lowest BCUT2D eigenvalue weighted by molar-refractivity contribution is -0.137. The highest BCUT2D eigenvalue weighted by molar-refractivity contribution is 7.13. The highest BCUT2D eigenvalue weighted by Gasteiger charge is 2.34. The van der Waals surface area contributed by atoms with E-state index in [2.05, 4.69) is 25.5 Å². The molecule has 36 heavy (non-hydrogen) atoms. The average molecular weight is 540 g/mol. The summed E-state index contributed by atoms with van der Waals surface area (Å²) in [6, 6.07) is 7.41. The number of benzene rings is 1. The summed E-state index contributed by atoms with van der Waals surface area (Å²) in [5.41, 5.74) is 0.305. The van der Waals surface area contributed by atoms with E-state index in [1.165, 1.54) is 6.20 Å². The van der Waals surface area contributed by atoms with Gasteiger partial charge in [-0.15, -0.1) is 11.3 Å². The monoisotopic (exact) mass is 539 g/mol. The topological polar surface area (TPSA) is 96.5 Å². The molecular formula is C23H21ClF3N5O3S. The molecule has 13 heteroatoms. The Balaban J connectivity index is 1.40.